The Morgan fingerprint density at radius 3 is 2.85 bits per heavy atom. The second-order valence-electron chi connectivity index (χ2n) is 4.64. The molecule has 2 aromatic rings. The maximum absolute atomic E-state index is 5.82. The first-order valence-corrected chi connectivity index (χ1v) is 7.01. The number of nitrogens with two attached hydrogens (primary N) is 1. The number of methoxy groups -OCH3 is 1. The molecule has 2 rings (SSSR count). The zero-order valence-electron chi connectivity index (χ0n) is 11.7. The van der Waals surface area contributed by atoms with Crippen LogP contribution in [0.2, 0.25) is 0 Å². The number of nitrogens with one attached hydrogen (secondary N) is 1. The van der Waals surface area contributed by atoms with Gasteiger partial charge in [0.05, 0.1) is 18.2 Å². The van der Waals surface area contributed by atoms with Crippen LogP contribution in [0.5, 0.6) is 0 Å². The highest BCUT2D eigenvalue weighted by Gasteiger charge is 2.11. The van der Waals surface area contributed by atoms with E-state index in [1.54, 1.807) is 7.11 Å². The van der Waals surface area contributed by atoms with Crippen LogP contribution in [-0.4, -0.2) is 29.7 Å². The van der Waals surface area contributed by atoms with Crippen LogP contribution < -0.4 is 11.1 Å². The van der Waals surface area contributed by atoms with Crippen molar-refractivity contribution in [3.05, 3.63) is 35.9 Å². The number of benzene rings is 1. The van der Waals surface area contributed by atoms with Crippen LogP contribution in [0.3, 0.4) is 0 Å². The number of thiocarbonyl (C=S) groups is 1. The van der Waals surface area contributed by atoms with Crippen molar-refractivity contribution in [2.75, 3.05) is 19.0 Å². The van der Waals surface area contributed by atoms with Crippen molar-refractivity contribution < 1.29 is 4.74 Å². The van der Waals surface area contributed by atoms with Crippen LogP contribution in [0.15, 0.2) is 30.3 Å². The maximum Gasteiger partial charge on any atom is 0.127 e. The van der Waals surface area contributed by atoms with Crippen LogP contribution in [0, 0.1) is 0 Å². The predicted octanol–water partition coefficient (Wildman–Crippen LogP) is 2.71. The predicted molar refractivity (Wildman–Crippen MR) is 87.2 cm³/mol. The van der Waals surface area contributed by atoms with E-state index in [1.165, 1.54) is 0 Å². The minimum absolute atomic E-state index is 0.216. The zero-order chi connectivity index (χ0) is 14.5. The lowest BCUT2D eigenvalue weighted by molar-refractivity contribution is 0.184. The van der Waals surface area contributed by atoms with E-state index in [0.717, 1.165) is 28.7 Å². The Kier molecular flexibility index (Phi) is 4.87. The van der Waals surface area contributed by atoms with Gasteiger partial charge in [0.15, 0.2) is 0 Å². The SMILES string of the molecule is CCC(COC)Nc1cc(C(N)=S)c2ccccc2n1. The van der Waals surface area contributed by atoms with E-state index in [4.69, 9.17) is 22.7 Å². The first kappa shape index (κ1) is 14.7. The molecule has 106 valence electrons. The lowest BCUT2D eigenvalue weighted by Crippen LogP contribution is -2.24. The third kappa shape index (κ3) is 3.23. The van der Waals surface area contributed by atoms with Gasteiger partial charge in [-0.05, 0) is 18.6 Å². The molecule has 0 saturated heterocycles. The average molecular weight is 289 g/mol. The molecule has 5 heteroatoms. The summed E-state index contributed by atoms with van der Waals surface area (Å²) in [5, 5.41) is 4.34. The topological polar surface area (TPSA) is 60.2 Å². The van der Waals surface area contributed by atoms with Gasteiger partial charge in [-0.15, -0.1) is 0 Å². The van der Waals surface area contributed by atoms with Crippen molar-refractivity contribution in [3.8, 4) is 0 Å². The molecule has 0 aliphatic rings. The maximum atomic E-state index is 5.82. The molecule has 3 N–H and O–H groups in total. The quantitative estimate of drug-likeness (QED) is 0.801. The van der Waals surface area contributed by atoms with Gasteiger partial charge >= 0.3 is 0 Å². The van der Waals surface area contributed by atoms with Gasteiger partial charge in [0.25, 0.3) is 0 Å². The largest absolute Gasteiger partial charge is 0.389 e. The number of fused-ring (bicyclic) bond motifs is 1. The highest BCUT2D eigenvalue weighted by Crippen LogP contribution is 2.21. The summed E-state index contributed by atoms with van der Waals surface area (Å²) in [7, 11) is 1.69. The Labute approximate surface area is 124 Å². The van der Waals surface area contributed by atoms with Crippen LogP contribution in [0.1, 0.15) is 18.9 Å². The molecule has 20 heavy (non-hydrogen) atoms. The zero-order valence-corrected chi connectivity index (χ0v) is 12.5. The Morgan fingerprint density at radius 1 is 1.45 bits per heavy atom. The minimum Gasteiger partial charge on any atom is -0.389 e. The highest BCUT2D eigenvalue weighted by atomic mass is 32.1. The molecule has 1 aromatic heterocycles. The number of para-hydroxylation sites is 1. The summed E-state index contributed by atoms with van der Waals surface area (Å²) in [6, 6.07) is 9.97. The molecule has 0 radical (unpaired) electrons. The first-order chi connectivity index (χ1) is 9.65. The van der Waals surface area contributed by atoms with Crippen molar-refractivity contribution in [2.24, 2.45) is 5.73 Å². The number of rotatable bonds is 6. The molecule has 1 aromatic carbocycles. The van der Waals surface area contributed by atoms with Gasteiger partial charge in [-0.3, -0.25) is 0 Å². The van der Waals surface area contributed by atoms with Gasteiger partial charge in [0.1, 0.15) is 10.8 Å². The molecule has 1 heterocycles. The van der Waals surface area contributed by atoms with E-state index in [-0.39, 0.29) is 6.04 Å². The third-order valence-corrected chi connectivity index (χ3v) is 3.41. The number of hydrogen-bond donors (Lipinski definition) is 2. The molecular weight excluding hydrogens is 270 g/mol. The fraction of sp³-hybridized carbons (Fsp3) is 0.333. The molecule has 0 saturated carbocycles. The lowest BCUT2D eigenvalue weighted by Gasteiger charge is -2.18. The molecule has 0 spiro atoms. The Bertz CT molecular complexity index is 615. The summed E-state index contributed by atoms with van der Waals surface area (Å²) in [6.45, 7) is 2.74. The van der Waals surface area contributed by atoms with Crippen molar-refractivity contribution in [1.82, 2.24) is 4.98 Å². The number of pyridine rings is 1. The van der Waals surface area contributed by atoms with Gasteiger partial charge in [-0.1, -0.05) is 37.3 Å². The van der Waals surface area contributed by atoms with Crippen LogP contribution >= 0.6 is 12.2 Å². The van der Waals surface area contributed by atoms with E-state index < -0.39 is 0 Å². The van der Waals surface area contributed by atoms with Gasteiger partial charge in [0, 0.05) is 18.1 Å². The second-order valence-corrected chi connectivity index (χ2v) is 5.08. The summed E-state index contributed by atoms with van der Waals surface area (Å²) in [5.74, 6) is 0.774. The standard InChI is InChI=1S/C15H19N3OS/c1-3-10(9-19-2)17-14-8-12(15(16)20)11-6-4-5-7-13(11)18-14/h4-8,10H,3,9H2,1-2H3,(H2,16,20)(H,17,18). The first-order valence-electron chi connectivity index (χ1n) is 6.60. The van der Waals surface area contributed by atoms with Crippen molar-refractivity contribution in [3.63, 3.8) is 0 Å². The highest BCUT2D eigenvalue weighted by molar-refractivity contribution is 7.80. The van der Waals surface area contributed by atoms with Crippen molar-refractivity contribution in [2.45, 2.75) is 19.4 Å². The van der Waals surface area contributed by atoms with Crippen molar-refractivity contribution >= 4 is 33.9 Å². The van der Waals surface area contributed by atoms with Crippen LogP contribution in [0.25, 0.3) is 10.9 Å². The average Bonchev–Trinajstić information content (AvgIpc) is 2.45. The molecule has 1 atom stereocenters. The second kappa shape index (κ2) is 6.63. The molecule has 0 aliphatic heterocycles. The molecule has 4 nitrogen and oxygen atoms in total. The molecule has 0 amide bonds. The van der Waals surface area contributed by atoms with Gasteiger partial charge < -0.3 is 15.8 Å². The van der Waals surface area contributed by atoms with E-state index in [2.05, 4.69) is 17.2 Å². The van der Waals surface area contributed by atoms with Gasteiger partial charge in [-0.25, -0.2) is 4.98 Å². The monoisotopic (exact) mass is 289 g/mol. The molecular formula is C15H19N3OS. The molecule has 0 aliphatic carbocycles. The van der Waals surface area contributed by atoms with Crippen LogP contribution in [-0.2, 0) is 4.74 Å². The Balaban J connectivity index is 2.42. The van der Waals surface area contributed by atoms with E-state index in [0.29, 0.717) is 11.6 Å². The van der Waals surface area contributed by atoms with E-state index in [1.807, 2.05) is 30.3 Å². The van der Waals surface area contributed by atoms with Crippen molar-refractivity contribution in [1.29, 1.82) is 0 Å². The Hall–Kier alpha value is -1.72. The van der Waals surface area contributed by atoms with E-state index >= 15 is 0 Å². The number of aromatic nitrogens is 1. The third-order valence-electron chi connectivity index (χ3n) is 3.19. The fourth-order valence-corrected chi connectivity index (χ4v) is 2.29. The summed E-state index contributed by atoms with van der Waals surface area (Å²) < 4.78 is 5.19. The summed E-state index contributed by atoms with van der Waals surface area (Å²) in [6.07, 6.45) is 0.949. The molecule has 1 unspecified atom stereocenters. The van der Waals surface area contributed by atoms with Crippen LogP contribution in [0.4, 0.5) is 5.82 Å². The summed E-state index contributed by atoms with van der Waals surface area (Å²) in [4.78, 5) is 4.99. The molecule has 0 fully saturated rings. The minimum atomic E-state index is 0.216. The lowest BCUT2D eigenvalue weighted by atomic mass is 10.1. The number of nitrogens with zero attached hydrogens (tertiary/aromatic N) is 1. The summed E-state index contributed by atoms with van der Waals surface area (Å²) >= 11 is 5.14. The smallest absolute Gasteiger partial charge is 0.127 e. The number of anilines is 1. The normalized spacial score (nSPS) is 12.3. The fourth-order valence-electron chi connectivity index (χ4n) is 2.13. The van der Waals surface area contributed by atoms with E-state index in [9.17, 15) is 0 Å². The van der Waals surface area contributed by atoms with Gasteiger partial charge in [-0.2, -0.15) is 0 Å². The number of ether oxygens (including phenoxy) is 1. The molecule has 0 bridgehead atoms. The number of hydrogen-bond acceptors (Lipinski definition) is 4. The summed E-state index contributed by atoms with van der Waals surface area (Å²) in [5.41, 5.74) is 7.55. The van der Waals surface area contributed by atoms with Gasteiger partial charge in [0.2, 0.25) is 0 Å². The Morgan fingerprint density at radius 2 is 2.20 bits per heavy atom.